The van der Waals surface area contributed by atoms with Gasteiger partial charge in [0.15, 0.2) is 6.10 Å². The quantitative estimate of drug-likeness (QED) is 0.0261. The van der Waals surface area contributed by atoms with Crippen molar-refractivity contribution in [3.05, 3.63) is 134 Å². The summed E-state index contributed by atoms with van der Waals surface area (Å²) in [6.07, 6.45) is 99.3. The summed E-state index contributed by atoms with van der Waals surface area (Å²) in [6.45, 7) is 6.37. The summed E-state index contributed by atoms with van der Waals surface area (Å²) in [7, 11) is 0. The first-order chi connectivity index (χ1) is 41.0. The van der Waals surface area contributed by atoms with Crippen molar-refractivity contribution in [3.8, 4) is 0 Å². The van der Waals surface area contributed by atoms with Crippen molar-refractivity contribution in [2.45, 2.75) is 322 Å². The number of ether oxygens (including phenoxy) is 3. The largest absolute Gasteiger partial charge is 0.462 e. The van der Waals surface area contributed by atoms with Gasteiger partial charge in [0.2, 0.25) is 0 Å². The van der Waals surface area contributed by atoms with Gasteiger partial charge in [-0.05, 0) is 116 Å². The summed E-state index contributed by atoms with van der Waals surface area (Å²) in [4.78, 5) is 38.2. The first kappa shape index (κ1) is 78.5. The molecule has 0 saturated carbocycles. The summed E-state index contributed by atoms with van der Waals surface area (Å²) in [5.74, 6) is -0.933. The molecule has 0 aliphatic rings. The molecule has 0 saturated heterocycles. The standard InChI is InChI=1S/C77H128O6/c1-4-7-10-13-16-19-21-23-25-27-29-31-32-33-34-35-36-37-38-39-40-41-42-43-44-46-47-49-51-53-55-58-61-64-67-70-76(79)82-73-74(72-81-75(78)69-66-63-60-57-18-15-12-9-6-3)83-77(80)71-68-65-62-59-56-54-52-50-48-45-30-28-26-24-22-20-17-14-11-8-5-2/h7-8,10-11,16-17,19-20,23-26,29-31,33-34,45,50,52,56,59,74H,4-6,9,12-15,18,21-22,27-28,32,35-44,46-49,51,53-55,57-58,60-73H2,1-3H3/b10-7-,11-8-,19-16-,20-17-,25-23-,26-24-,31-29-,34-33-,45-30-,52-50-,59-56-. The smallest absolute Gasteiger partial charge is 0.306 e. The topological polar surface area (TPSA) is 78.9 Å². The van der Waals surface area contributed by atoms with Crippen LogP contribution in [0.5, 0.6) is 0 Å². The van der Waals surface area contributed by atoms with Crippen LogP contribution in [-0.4, -0.2) is 37.2 Å². The van der Waals surface area contributed by atoms with Gasteiger partial charge in [0, 0.05) is 19.3 Å². The summed E-state index contributed by atoms with van der Waals surface area (Å²) in [5.41, 5.74) is 0. The van der Waals surface area contributed by atoms with Gasteiger partial charge in [-0.3, -0.25) is 14.4 Å². The fourth-order valence-electron chi connectivity index (χ4n) is 9.53. The van der Waals surface area contributed by atoms with Crippen molar-refractivity contribution in [1.82, 2.24) is 0 Å². The van der Waals surface area contributed by atoms with E-state index in [2.05, 4.69) is 154 Å². The molecule has 0 spiro atoms. The maximum atomic E-state index is 12.9. The minimum absolute atomic E-state index is 0.0944. The third kappa shape index (κ3) is 68.2. The molecule has 0 rings (SSSR count). The maximum absolute atomic E-state index is 12.9. The van der Waals surface area contributed by atoms with Gasteiger partial charge in [-0.25, -0.2) is 0 Å². The van der Waals surface area contributed by atoms with Gasteiger partial charge in [0.1, 0.15) is 13.2 Å². The van der Waals surface area contributed by atoms with E-state index in [1.807, 2.05) is 0 Å². The Morgan fingerprint density at radius 2 is 0.470 bits per heavy atom. The molecule has 0 aromatic carbocycles. The second-order valence-electron chi connectivity index (χ2n) is 22.7. The van der Waals surface area contributed by atoms with Crippen LogP contribution in [0.1, 0.15) is 316 Å². The number of esters is 3. The fraction of sp³-hybridized carbons (Fsp3) is 0.675. The molecule has 1 unspecified atom stereocenters. The maximum Gasteiger partial charge on any atom is 0.306 e. The van der Waals surface area contributed by atoms with Gasteiger partial charge in [-0.15, -0.1) is 0 Å². The van der Waals surface area contributed by atoms with Crippen LogP contribution in [0.25, 0.3) is 0 Å². The predicted molar refractivity (Wildman–Crippen MR) is 362 cm³/mol. The Kier molecular flexibility index (Phi) is 66.3. The van der Waals surface area contributed by atoms with Gasteiger partial charge in [0.05, 0.1) is 0 Å². The summed E-state index contributed by atoms with van der Waals surface area (Å²) < 4.78 is 16.9. The Hall–Kier alpha value is -4.45. The van der Waals surface area contributed by atoms with Gasteiger partial charge < -0.3 is 14.2 Å². The fourth-order valence-corrected chi connectivity index (χ4v) is 9.53. The highest BCUT2D eigenvalue weighted by molar-refractivity contribution is 5.71. The minimum atomic E-state index is -0.801. The number of rotatable bonds is 62. The second-order valence-corrected chi connectivity index (χ2v) is 22.7. The van der Waals surface area contributed by atoms with Crippen molar-refractivity contribution in [3.63, 3.8) is 0 Å². The van der Waals surface area contributed by atoms with E-state index in [4.69, 9.17) is 14.2 Å². The first-order valence-corrected chi connectivity index (χ1v) is 34.7. The van der Waals surface area contributed by atoms with E-state index in [0.717, 1.165) is 122 Å². The molecule has 6 nitrogen and oxygen atoms in total. The van der Waals surface area contributed by atoms with E-state index in [1.165, 1.54) is 148 Å². The van der Waals surface area contributed by atoms with Crippen molar-refractivity contribution in [2.24, 2.45) is 0 Å². The molecule has 0 heterocycles. The molecule has 0 amide bonds. The van der Waals surface area contributed by atoms with Gasteiger partial charge in [-0.1, -0.05) is 315 Å². The Morgan fingerprint density at radius 3 is 0.759 bits per heavy atom. The highest BCUT2D eigenvalue weighted by Crippen LogP contribution is 2.17. The number of carbonyl (C=O) groups excluding carboxylic acids is 3. The van der Waals surface area contributed by atoms with E-state index in [-0.39, 0.29) is 37.5 Å². The molecule has 0 aliphatic heterocycles. The lowest BCUT2D eigenvalue weighted by Crippen LogP contribution is -2.30. The SMILES string of the molecule is CC/C=C\C/C=C\C/C=C\C/C=C\C/C=C\C/C=C\CCCCC(=O)OC(COC(=O)CCCCCCCCCCC)COC(=O)CCCCCCCCCCCCCCCCCCCCC/C=C\C/C=C\C/C=C\C/C=C\C/C=C\CC. The van der Waals surface area contributed by atoms with Crippen LogP contribution in [0.4, 0.5) is 0 Å². The van der Waals surface area contributed by atoms with Gasteiger partial charge in [-0.2, -0.15) is 0 Å². The monoisotopic (exact) mass is 1150 g/mol. The molecular formula is C77H128O6. The molecule has 0 aromatic rings. The van der Waals surface area contributed by atoms with Crippen molar-refractivity contribution >= 4 is 17.9 Å². The number of carbonyl (C=O) groups is 3. The summed E-state index contributed by atoms with van der Waals surface area (Å²) >= 11 is 0. The molecular weight excluding hydrogens is 1020 g/mol. The normalized spacial score (nSPS) is 13.0. The zero-order chi connectivity index (χ0) is 59.9. The first-order valence-electron chi connectivity index (χ1n) is 34.7. The number of hydrogen-bond donors (Lipinski definition) is 0. The van der Waals surface area contributed by atoms with Crippen LogP contribution in [0, 0.1) is 0 Å². The third-order valence-electron chi connectivity index (χ3n) is 14.7. The molecule has 0 aliphatic carbocycles. The predicted octanol–water partition coefficient (Wildman–Crippen LogP) is 24.1. The molecule has 0 N–H and O–H groups in total. The average Bonchev–Trinajstić information content (AvgIpc) is 3.49. The second kappa shape index (κ2) is 70.0. The molecule has 1 atom stereocenters. The van der Waals surface area contributed by atoms with E-state index < -0.39 is 6.10 Å². The third-order valence-corrected chi connectivity index (χ3v) is 14.7. The molecule has 0 radical (unpaired) electrons. The molecule has 0 bridgehead atoms. The molecule has 6 heteroatoms. The minimum Gasteiger partial charge on any atom is -0.462 e. The van der Waals surface area contributed by atoms with E-state index in [9.17, 15) is 14.4 Å². The van der Waals surface area contributed by atoms with Crippen LogP contribution < -0.4 is 0 Å². The molecule has 472 valence electrons. The molecule has 0 fully saturated rings. The van der Waals surface area contributed by atoms with E-state index in [1.54, 1.807) is 0 Å². The average molecular weight is 1150 g/mol. The van der Waals surface area contributed by atoms with Crippen molar-refractivity contribution < 1.29 is 28.6 Å². The van der Waals surface area contributed by atoms with Gasteiger partial charge in [0.25, 0.3) is 0 Å². The van der Waals surface area contributed by atoms with Crippen LogP contribution in [0.2, 0.25) is 0 Å². The highest BCUT2D eigenvalue weighted by Gasteiger charge is 2.19. The van der Waals surface area contributed by atoms with E-state index in [0.29, 0.717) is 19.3 Å². The van der Waals surface area contributed by atoms with Crippen LogP contribution >= 0.6 is 0 Å². The zero-order valence-corrected chi connectivity index (χ0v) is 54.2. The number of hydrogen-bond acceptors (Lipinski definition) is 6. The highest BCUT2D eigenvalue weighted by atomic mass is 16.6. The van der Waals surface area contributed by atoms with Crippen molar-refractivity contribution in [2.75, 3.05) is 13.2 Å². The Labute approximate surface area is 513 Å². The molecule has 83 heavy (non-hydrogen) atoms. The molecule has 0 aromatic heterocycles. The Balaban J connectivity index is 4.14. The lowest BCUT2D eigenvalue weighted by molar-refractivity contribution is -0.167. The summed E-state index contributed by atoms with van der Waals surface area (Å²) in [6, 6.07) is 0. The van der Waals surface area contributed by atoms with Crippen LogP contribution in [-0.2, 0) is 28.6 Å². The van der Waals surface area contributed by atoms with Gasteiger partial charge >= 0.3 is 17.9 Å². The number of unbranched alkanes of at least 4 members (excludes halogenated alkanes) is 29. The van der Waals surface area contributed by atoms with Crippen LogP contribution in [0.3, 0.4) is 0 Å². The van der Waals surface area contributed by atoms with Crippen molar-refractivity contribution in [1.29, 1.82) is 0 Å². The zero-order valence-electron chi connectivity index (χ0n) is 54.2. The van der Waals surface area contributed by atoms with Crippen LogP contribution in [0.15, 0.2) is 134 Å². The lowest BCUT2D eigenvalue weighted by Gasteiger charge is -2.18. The Bertz CT molecular complexity index is 1750. The number of allylic oxidation sites excluding steroid dienone is 22. The Morgan fingerprint density at radius 1 is 0.253 bits per heavy atom. The van der Waals surface area contributed by atoms with E-state index >= 15 is 0 Å². The lowest BCUT2D eigenvalue weighted by atomic mass is 10.0. The summed E-state index contributed by atoms with van der Waals surface area (Å²) in [5, 5.41) is 0.